The molecule has 118 valence electrons. The maximum atomic E-state index is 12.5. The average Bonchev–Trinajstić information content (AvgIpc) is 3.18. The minimum Gasteiger partial charge on any atom is -0.461 e. The Kier molecular flexibility index (Phi) is 6.09. The van der Waals surface area contributed by atoms with Gasteiger partial charge < -0.3 is 9.64 Å². The monoisotopic (exact) mass is 338 g/mol. The van der Waals surface area contributed by atoms with Crippen molar-refractivity contribution in [2.45, 2.75) is 26.8 Å². The van der Waals surface area contributed by atoms with Crippen LogP contribution in [-0.2, 0) is 11.3 Å². The van der Waals surface area contributed by atoms with Gasteiger partial charge in [0.2, 0.25) is 0 Å². The minimum absolute atomic E-state index is 0.00438. The van der Waals surface area contributed by atoms with Gasteiger partial charge in [-0.05, 0) is 24.8 Å². The van der Waals surface area contributed by atoms with E-state index in [-0.39, 0.29) is 5.91 Å². The molecule has 2 rings (SSSR count). The van der Waals surface area contributed by atoms with Crippen LogP contribution in [0.3, 0.4) is 0 Å². The smallest absolute Gasteiger partial charge is 0.357 e. The van der Waals surface area contributed by atoms with Crippen LogP contribution in [0.4, 0.5) is 0 Å². The first-order valence-electron chi connectivity index (χ1n) is 7.10. The standard InChI is InChI=1S/C15H18N2O3S2/c1-3-7-17(14(18)12-6-5-8-21-12)9-13-16-11(10-22-13)15(19)20-4-2/h5-6,8,10H,3-4,7,9H2,1-2H3. The Balaban J connectivity index is 2.08. The average molecular weight is 338 g/mol. The Labute approximate surface area is 137 Å². The summed E-state index contributed by atoms with van der Waals surface area (Å²) in [5.74, 6) is -0.415. The summed E-state index contributed by atoms with van der Waals surface area (Å²) in [7, 11) is 0. The van der Waals surface area contributed by atoms with Gasteiger partial charge in [-0.15, -0.1) is 22.7 Å². The number of rotatable bonds is 7. The van der Waals surface area contributed by atoms with E-state index in [2.05, 4.69) is 4.98 Å². The third kappa shape index (κ3) is 4.14. The molecule has 0 aliphatic heterocycles. The molecule has 0 aliphatic rings. The Hall–Kier alpha value is -1.73. The lowest BCUT2D eigenvalue weighted by molar-refractivity contribution is 0.0520. The molecule has 0 unspecified atom stereocenters. The highest BCUT2D eigenvalue weighted by molar-refractivity contribution is 7.12. The van der Waals surface area contributed by atoms with E-state index in [0.29, 0.717) is 25.4 Å². The number of ether oxygens (including phenoxy) is 1. The van der Waals surface area contributed by atoms with Gasteiger partial charge in [0.25, 0.3) is 5.91 Å². The topological polar surface area (TPSA) is 59.5 Å². The molecule has 0 radical (unpaired) electrons. The van der Waals surface area contributed by atoms with Crippen LogP contribution < -0.4 is 0 Å². The van der Waals surface area contributed by atoms with Crippen LogP contribution in [0.5, 0.6) is 0 Å². The second kappa shape index (κ2) is 8.05. The Bertz CT molecular complexity index is 623. The molecular weight excluding hydrogens is 320 g/mol. The number of hydrogen-bond donors (Lipinski definition) is 0. The van der Waals surface area contributed by atoms with Crippen molar-refractivity contribution in [2.24, 2.45) is 0 Å². The Morgan fingerprint density at radius 2 is 2.14 bits per heavy atom. The van der Waals surface area contributed by atoms with Crippen molar-refractivity contribution in [2.75, 3.05) is 13.2 Å². The number of hydrogen-bond acceptors (Lipinski definition) is 6. The van der Waals surface area contributed by atoms with Crippen molar-refractivity contribution in [3.8, 4) is 0 Å². The van der Waals surface area contributed by atoms with Crippen LogP contribution in [-0.4, -0.2) is 34.9 Å². The molecule has 5 nitrogen and oxygen atoms in total. The lowest BCUT2D eigenvalue weighted by Crippen LogP contribution is -2.30. The molecule has 1 amide bonds. The first kappa shape index (κ1) is 16.6. The van der Waals surface area contributed by atoms with Gasteiger partial charge in [0.1, 0.15) is 5.01 Å². The van der Waals surface area contributed by atoms with E-state index in [4.69, 9.17) is 4.74 Å². The molecule has 7 heteroatoms. The largest absolute Gasteiger partial charge is 0.461 e. The molecule has 0 aromatic carbocycles. The predicted molar refractivity (Wildman–Crippen MR) is 87.4 cm³/mol. The highest BCUT2D eigenvalue weighted by Gasteiger charge is 2.19. The summed E-state index contributed by atoms with van der Waals surface area (Å²) in [5.41, 5.74) is 0.307. The number of nitrogens with zero attached hydrogens (tertiary/aromatic N) is 2. The second-order valence-corrected chi connectivity index (χ2v) is 6.44. The van der Waals surface area contributed by atoms with Gasteiger partial charge in [0.15, 0.2) is 5.69 Å². The molecule has 0 spiro atoms. The summed E-state index contributed by atoms with van der Waals surface area (Å²) in [6.07, 6.45) is 0.868. The van der Waals surface area contributed by atoms with Crippen LogP contribution in [0, 0.1) is 0 Å². The third-order valence-corrected chi connectivity index (χ3v) is 4.57. The van der Waals surface area contributed by atoms with Crippen molar-refractivity contribution in [1.29, 1.82) is 0 Å². The number of esters is 1. The summed E-state index contributed by atoms with van der Waals surface area (Å²) >= 11 is 2.80. The van der Waals surface area contributed by atoms with Crippen LogP contribution in [0.15, 0.2) is 22.9 Å². The zero-order valence-electron chi connectivity index (χ0n) is 12.6. The maximum absolute atomic E-state index is 12.5. The minimum atomic E-state index is -0.420. The van der Waals surface area contributed by atoms with Crippen molar-refractivity contribution < 1.29 is 14.3 Å². The molecule has 0 fully saturated rings. The number of amides is 1. The summed E-state index contributed by atoms with van der Waals surface area (Å²) in [5, 5.41) is 4.30. The zero-order chi connectivity index (χ0) is 15.9. The lowest BCUT2D eigenvalue weighted by Gasteiger charge is -2.20. The molecular formula is C15H18N2O3S2. The fourth-order valence-electron chi connectivity index (χ4n) is 1.92. The van der Waals surface area contributed by atoms with Crippen LogP contribution in [0.1, 0.15) is 45.4 Å². The highest BCUT2D eigenvalue weighted by Crippen LogP contribution is 2.17. The van der Waals surface area contributed by atoms with Crippen LogP contribution in [0.2, 0.25) is 0 Å². The summed E-state index contributed by atoms with van der Waals surface area (Å²) < 4.78 is 4.93. The fraction of sp³-hybridized carbons (Fsp3) is 0.400. The van der Waals surface area contributed by atoms with E-state index >= 15 is 0 Å². The number of thiophene rings is 1. The molecule has 0 saturated heterocycles. The maximum Gasteiger partial charge on any atom is 0.357 e. The first-order valence-corrected chi connectivity index (χ1v) is 8.86. The number of thiazole rings is 1. The van der Waals surface area contributed by atoms with Gasteiger partial charge in [-0.1, -0.05) is 13.0 Å². The quantitative estimate of drug-likeness (QED) is 0.726. The summed E-state index contributed by atoms with van der Waals surface area (Å²) in [6.45, 7) is 5.18. The molecule has 0 aliphatic carbocycles. The fourth-order valence-corrected chi connectivity index (χ4v) is 3.39. The van der Waals surface area contributed by atoms with E-state index in [1.807, 2.05) is 24.4 Å². The second-order valence-electron chi connectivity index (χ2n) is 4.55. The van der Waals surface area contributed by atoms with Crippen molar-refractivity contribution in [3.63, 3.8) is 0 Å². The summed E-state index contributed by atoms with van der Waals surface area (Å²) in [4.78, 5) is 30.8. The summed E-state index contributed by atoms with van der Waals surface area (Å²) in [6, 6.07) is 3.69. The number of aromatic nitrogens is 1. The van der Waals surface area contributed by atoms with Gasteiger partial charge in [-0.3, -0.25) is 4.79 Å². The molecule has 2 aromatic heterocycles. The van der Waals surface area contributed by atoms with Gasteiger partial charge in [0.05, 0.1) is 18.0 Å². The van der Waals surface area contributed by atoms with E-state index in [1.165, 1.54) is 22.7 Å². The SMILES string of the molecule is CCCN(Cc1nc(C(=O)OCC)cs1)C(=O)c1cccs1. The molecule has 2 heterocycles. The van der Waals surface area contributed by atoms with E-state index in [0.717, 1.165) is 16.3 Å². The van der Waals surface area contributed by atoms with Crippen molar-refractivity contribution in [1.82, 2.24) is 9.88 Å². The van der Waals surface area contributed by atoms with Gasteiger partial charge >= 0.3 is 5.97 Å². The molecule has 0 saturated carbocycles. The van der Waals surface area contributed by atoms with Gasteiger partial charge in [-0.25, -0.2) is 9.78 Å². The van der Waals surface area contributed by atoms with Crippen LogP contribution >= 0.6 is 22.7 Å². The molecule has 0 bridgehead atoms. The number of carbonyl (C=O) groups excluding carboxylic acids is 2. The zero-order valence-corrected chi connectivity index (χ0v) is 14.2. The van der Waals surface area contributed by atoms with Crippen molar-refractivity contribution in [3.05, 3.63) is 38.5 Å². The number of carbonyl (C=O) groups is 2. The molecule has 22 heavy (non-hydrogen) atoms. The molecule has 2 aromatic rings. The molecule has 0 atom stereocenters. The normalized spacial score (nSPS) is 10.5. The first-order chi connectivity index (χ1) is 10.7. The van der Waals surface area contributed by atoms with Gasteiger partial charge in [-0.2, -0.15) is 0 Å². The predicted octanol–water partition coefficient (Wildman–Crippen LogP) is 3.43. The third-order valence-electron chi connectivity index (χ3n) is 2.88. The van der Waals surface area contributed by atoms with E-state index in [1.54, 1.807) is 17.2 Å². The molecule has 0 N–H and O–H groups in total. The van der Waals surface area contributed by atoms with Gasteiger partial charge in [0, 0.05) is 11.9 Å². The Morgan fingerprint density at radius 3 is 2.77 bits per heavy atom. The highest BCUT2D eigenvalue weighted by atomic mass is 32.1. The lowest BCUT2D eigenvalue weighted by atomic mass is 10.3. The van der Waals surface area contributed by atoms with Crippen molar-refractivity contribution >= 4 is 34.6 Å². The van der Waals surface area contributed by atoms with E-state index in [9.17, 15) is 9.59 Å². The van der Waals surface area contributed by atoms with Crippen LogP contribution in [0.25, 0.3) is 0 Å². The Morgan fingerprint density at radius 1 is 1.32 bits per heavy atom. The van der Waals surface area contributed by atoms with E-state index < -0.39 is 5.97 Å².